The fourth-order valence-corrected chi connectivity index (χ4v) is 2.10. The molecule has 0 spiro atoms. The lowest BCUT2D eigenvalue weighted by atomic mass is 10.1. The quantitative estimate of drug-likeness (QED) is 0.918. The standard InChI is InChI=1S/C14H19N3O2/c1-9-7-14(15)17(16-9)10(2)11-5-6-12(18-3)13(8-11)19-4/h5-8,10H,15H2,1-4H3. The summed E-state index contributed by atoms with van der Waals surface area (Å²) in [7, 11) is 3.24. The van der Waals surface area contributed by atoms with Gasteiger partial charge in [0.2, 0.25) is 0 Å². The highest BCUT2D eigenvalue weighted by Gasteiger charge is 2.14. The third-order valence-electron chi connectivity index (χ3n) is 3.14. The summed E-state index contributed by atoms with van der Waals surface area (Å²) in [5.41, 5.74) is 7.92. The van der Waals surface area contributed by atoms with Gasteiger partial charge in [-0.1, -0.05) is 6.07 Å². The Morgan fingerprint density at radius 3 is 2.37 bits per heavy atom. The van der Waals surface area contributed by atoms with Gasteiger partial charge in [0.25, 0.3) is 0 Å². The summed E-state index contributed by atoms with van der Waals surface area (Å²) in [6.45, 7) is 3.97. The maximum atomic E-state index is 5.95. The van der Waals surface area contributed by atoms with Gasteiger partial charge in [-0.05, 0) is 31.5 Å². The molecule has 2 N–H and O–H groups in total. The zero-order valence-corrected chi connectivity index (χ0v) is 11.7. The second-order valence-corrected chi connectivity index (χ2v) is 4.45. The van der Waals surface area contributed by atoms with Gasteiger partial charge < -0.3 is 15.2 Å². The van der Waals surface area contributed by atoms with Gasteiger partial charge in [-0.2, -0.15) is 5.10 Å². The Morgan fingerprint density at radius 2 is 1.84 bits per heavy atom. The first-order valence-corrected chi connectivity index (χ1v) is 6.10. The van der Waals surface area contributed by atoms with Gasteiger partial charge in [-0.25, -0.2) is 4.68 Å². The molecule has 1 atom stereocenters. The van der Waals surface area contributed by atoms with Gasteiger partial charge in [0, 0.05) is 6.07 Å². The van der Waals surface area contributed by atoms with E-state index >= 15 is 0 Å². The molecule has 1 heterocycles. The average molecular weight is 261 g/mol. The predicted octanol–water partition coefficient (Wildman–Crippen LogP) is 2.40. The number of hydrogen-bond acceptors (Lipinski definition) is 4. The molecule has 102 valence electrons. The molecule has 1 aromatic carbocycles. The van der Waals surface area contributed by atoms with Crippen LogP contribution in [0.4, 0.5) is 5.82 Å². The smallest absolute Gasteiger partial charge is 0.161 e. The van der Waals surface area contributed by atoms with Crippen LogP contribution in [0.5, 0.6) is 11.5 Å². The largest absolute Gasteiger partial charge is 0.493 e. The SMILES string of the molecule is COc1ccc(C(C)n2nc(C)cc2N)cc1OC. The van der Waals surface area contributed by atoms with Crippen molar-refractivity contribution in [2.75, 3.05) is 20.0 Å². The van der Waals surface area contributed by atoms with E-state index in [0.717, 1.165) is 11.3 Å². The van der Waals surface area contributed by atoms with Crippen LogP contribution < -0.4 is 15.2 Å². The van der Waals surface area contributed by atoms with Crippen molar-refractivity contribution in [2.45, 2.75) is 19.9 Å². The Labute approximate surface area is 112 Å². The molecule has 0 amide bonds. The monoisotopic (exact) mass is 261 g/mol. The van der Waals surface area contributed by atoms with Gasteiger partial charge >= 0.3 is 0 Å². The zero-order chi connectivity index (χ0) is 14.0. The maximum Gasteiger partial charge on any atom is 0.161 e. The molecule has 0 bridgehead atoms. The first-order chi connectivity index (χ1) is 9.06. The molecule has 2 aromatic rings. The maximum absolute atomic E-state index is 5.95. The van der Waals surface area contributed by atoms with Crippen molar-refractivity contribution in [3.63, 3.8) is 0 Å². The third-order valence-corrected chi connectivity index (χ3v) is 3.14. The van der Waals surface area contributed by atoms with E-state index < -0.39 is 0 Å². The van der Waals surface area contributed by atoms with Crippen LogP contribution in [0, 0.1) is 6.92 Å². The first-order valence-electron chi connectivity index (χ1n) is 6.10. The zero-order valence-electron chi connectivity index (χ0n) is 11.7. The molecular formula is C14H19N3O2. The molecule has 2 rings (SSSR count). The van der Waals surface area contributed by atoms with E-state index in [1.165, 1.54) is 0 Å². The van der Waals surface area contributed by atoms with Crippen LogP contribution in [-0.4, -0.2) is 24.0 Å². The van der Waals surface area contributed by atoms with Crippen molar-refractivity contribution in [3.8, 4) is 11.5 Å². The van der Waals surface area contributed by atoms with E-state index in [9.17, 15) is 0 Å². The van der Waals surface area contributed by atoms with Crippen molar-refractivity contribution in [3.05, 3.63) is 35.5 Å². The lowest BCUT2D eigenvalue weighted by Crippen LogP contribution is -2.11. The highest BCUT2D eigenvalue weighted by molar-refractivity contribution is 5.44. The summed E-state index contributed by atoms with van der Waals surface area (Å²) < 4.78 is 12.3. The van der Waals surface area contributed by atoms with Crippen LogP contribution in [0.15, 0.2) is 24.3 Å². The summed E-state index contributed by atoms with van der Waals surface area (Å²) in [6.07, 6.45) is 0. The van der Waals surface area contributed by atoms with Gasteiger partial charge in [0.1, 0.15) is 5.82 Å². The van der Waals surface area contributed by atoms with E-state index in [4.69, 9.17) is 15.2 Å². The van der Waals surface area contributed by atoms with Crippen LogP contribution in [0.2, 0.25) is 0 Å². The molecule has 0 saturated heterocycles. The molecular weight excluding hydrogens is 242 g/mol. The number of rotatable bonds is 4. The van der Waals surface area contributed by atoms with Crippen molar-refractivity contribution in [1.82, 2.24) is 9.78 Å². The summed E-state index contributed by atoms with van der Waals surface area (Å²) in [6, 6.07) is 7.71. The summed E-state index contributed by atoms with van der Waals surface area (Å²) in [5.74, 6) is 2.07. The molecule has 0 aliphatic carbocycles. The van der Waals surface area contributed by atoms with E-state index in [1.54, 1.807) is 18.9 Å². The van der Waals surface area contributed by atoms with E-state index in [2.05, 4.69) is 5.10 Å². The molecule has 1 unspecified atom stereocenters. The van der Waals surface area contributed by atoms with Gasteiger partial charge in [-0.3, -0.25) is 0 Å². The number of ether oxygens (including phenoxy) is 2. The molecule has 0 aliphatic heterocycles. The number of anilines is 1. The number of methoxy groups -OCH3 is 2. The van der Waals surface area contributed by atoms with Crippen molar-refractivity contribution >= 4 is 5.82 Å². The second-order valence-electron chi connectivity index (χ2n) is 4.45. The van der Waals surface area contributed by atoms with Gasteiger partial charge in [-0.15, -0.1) is 0 Å². The summed E-state index contributed by atoms with van der Waals surface area (Å²) in [4.78, 5) is 0. The minimum Gasteiger partial charge on any atom is -0.493 e. The van der Waals surface area contributed by atoms with Gasteiger partial charge in [0.15, 0.2) is 11.5 Å². The van der Waals surface area contributed by atoms with E-state index in [1.807, 2.05) is 38.1 Å². The lowest BCUT2D eigenvalue weighted by Gasteiger charge is -2.16. The van der Waals surface area contributed by atoms with Crippen LogP contribution in [0.1, 0.15) is 24.2 Å². The van der Waals surface area contributed by atoms with E-state index in [0.29, 0.717) is 17.3 Å². The molecule has 0 fully saturated rings. The first kappa shape index (κ1) is 13.3. The molecule has 5 nitrogen and oxygen atoms in total. The minimum absolute atomic E-state index is 0.0357. The number of nitrogens with two attached hydrogens (primary N) is 1. The molecule has 0 saturated carbocycles. The number of nitrogens with zero attached hydrogens (tertiary/aromatic N) is 2. The molecule has 5 heteroatoms. The molecule has 0 radical (unpaired) electrons. The Morgan fingerprint density at radius 1 is 1.16 bits per heavy atom. The molecule has 0 aliphatic rings. The van der Waals surface area contributed by atoms with Crippen LogP contribution in [0.25, 0.3) is 0 Å². The number of aryl methyl sites for hydroxylation is 1. The molecule has 1 aromatic heterocycles. The average Bonchev–Trinajstić information content (AvgIpc) is 2.76. The van der Waals surface area contributed by atoms with Crippen molar-refractivity contribution in [2.24, 2.45) is 0 Å². The number of hydrogen-bond donors (Lipinski definition) is 1. The fraction of sp³-hybridized carbons (Fsp3) is 0.357. The predicted molar refractivity (Wildman–Crippen MR) is 74.7 cm³/mol. The van der Waals surface area contributed by atoms with E-state index in [-0.39, 0.29) is 6.04 Å². The Kier molecular flexibility index (Phi) is 3.64. The summed E-state index contributed by atoms with van der Waals surface area (Å²) >= 11 is 0. The molecule has 19 heavy (non-hydrogen) atoms. The topological polar surface area (TPSA) is 62.3 Å². The van der Waals surface area contributed by atoms with Crippen molar-refractivity contribution in [1.29, 1.82) is 0 Å². The Hall–Kier alpha value is -2.17. The van der Waals surface area contributed by atoms with Crippen LogP contribution >= 0.6 is 0 Å². The number of aromatic nitrogens is 2. The second kappa shape index (κ2) is 5.22. The fourth-order valence-electron chi connectivity index (χ4n) is 2.10. The summed E-state index contributed by atoms with van der Waals surface area (Å²) in [5, 5.41) is 4.40. The van der Waals surface area contributed by atoms with Crippen LogP contribution in [0.3, 0.4) is 0 Å². The number of nitrogen functional groups attached to an aromatic ring is 1. The van der Waals surface area contributed by atoms with Crippen LogP contribution in [-0.2, 0) is 0 Å². The lowest BCUT2D eigenvalue weighted by molar-refractivity contribution is 0.354. The number of benzene rings is 1. The normalized spacial score (nSPS) is 12.2. The Bertz CT molecular complexity index is 578. The Balaban J connectivity index is 2.39. The van der Waals surface area contributed by atoms with Crippen molar-refractivity contribution < 1.29 is 9.47 Å². The third kappa shape index (κ3) is 2.50. The highest BCUT2D eigenvalue weighted by Crippen LogP contribution is 2.31. The highest BCUT2D eigenvalue weighted by atomic mass is 16.5. The minimum atomic E-state index is 0.0357. The van der Waals surface area contributed by atoms with Gasteiger partial charge in [0.05, 0.1) is 26.0 Å².